The molecule has 1 aliphatic heterocycles. The molecule has 1 aromatic heterocycles. The molecule has 5 heteroatoms. The monoisotopic (exact) mass is 291 g/mol. The Balaban J connectivity index is 2.26. The fourth-order valence-electron chi connectivity index (χ4n) is 3.03. The molecule has 1 fully saturated rings. The summed E-state index contributed by atoms with van der Waals surface area (Å²) in [5, 5.41) is 9.60. The van der Waals surface area contributed by atoms with Gasteiger partial charge in [0.05, 0.1) is 5.41 Å². The van der Waals surface area contributed by atoms with Crippen molar-refractivity contribution in [1.82, 2.24) is 9.97 Å². The van der Waals surface area contributed by atoms with E-state index in [1.54, 1.807) is 0 Å². The van der Waals surface area contributed by atoms with Crippen LogP contribution in [0.5, 0.6) is 0 Å². The van der Waals surface area contributed by atoms with E-state index in [0.29, 0.717) is 13.0 Å². The maximum Gasteiger partial charge on any atom is 0.311 e. The number of aromatic nitrogens is 2. The number of hydrogen-bond donors (Lipinski definition) is 1. The first-order valence-electron chi connectivity index (χ1n) is 7.72. The topological polar surface area (TPSA) is 66.3 Å². The zero-order valence-corrected chi connectivity index (χ0v) is 13.4. The van der Waals surface area contributed by atoms with Crippen LogP contribution in [-0.2, 0) is 4.79 Å². The lowest BCUT2D eigenvalue weighted by molar-refractivity contribution is -0.148. The molecule has 1 atom stereocenters. The lowest BCUT2D eigenvalue weighted by atomic mass is 9.83. The third-order valence-electron chi connectivity index (χ3n) is 4.23. The second-order valence-electron chi connectivity index (χ2n) is 6.39. The minimum atomic E-state index is -0.679. The van der Waals surface area contributed by atoms with Gasteiger partial charge in [-0.25, -0.2) is 9.97 Å². The van der Waals surface area contributed by atoms with Crippen molar-refractivity contribution in [2.24, 2.45) is 5.41 Å². The summed E-state index contributed by atoms with van der Waals surface area (Å²) >= 11 is 0. The average Bonchev–Trinajstić information content (AvgIpc) is 2.84. The molecule has 0 aliphatic carbocycles. The molecule has 2 rings (SSSR count). The minimum absolute atomic E-state index is 0.270. The van der Waals surface area contributed by atoms with Crippen LogP contribution >= 0.6 is 0 Å². The van der Waals surface area contributed by atoms with E-state index in [0.717, 1.165) is 36.7 Å². The van der Waals surface area contributed by atoms with E-state index >= 15 is 0 Å². The largest absolute Gasteiger partial charge is 0.481 e. The molecule has 116 valence electrons. The molecule has 0 bridgehead atoms. The number of carboxylic acid groups (broad SMARTS) is 1. The molecule has 1 aromatic rings. The highest BCUT2D eigenvalue weighted by Gasteiger charge is 2.44. The van der Waals surface area contributed by atoms with E-state index in [2.05, 4.69) is 28.7 Å². The Morgan fingerprint density at radius 1 is 1.48 bits per heavy atom. The predicted molar refractivity (Wildman–Crippen MR) is 82.7 cm³/mol. The number of hydrogen-bond acceptors (Lipinski definition) is 4. The molecule has 0 saturated carbocycles. The molecule has 1 unspecified atom stereocenters. The average molecular weight is 291 g/mol. The predicted octanol–water partition coefficient (Wildman–Crippen LogP) is 2.99. The van der Waals surface area contributed by atoms with Gasteiger partial charge in [0.1, 0.15) is 11.6 Å². The fourth-order valence-corrected chi connectivity index (χ4v) is 3.03. The summed E-state index contributed by atoms with van der Waals surface area (Å²) < 4.78 is 0. The van der Waals surface area contributed by atoms with Crippen molar-refractivity contribution in [2.75, 3.05) is 18.0 Å². The van der Waals surface area contributed by atoms with E-state index in [1.807, 2.05) is 19.9 Å². The van der Waals surface area contributed by atoms with Crippen LogP contribution in [0.15, 0.2) is 6.07 Å². The van der Waals surface area contributed by atoms with Gasteiger partial charge in [0.15, 0.2) is 0 Å². The van der Waals surface area contributed by atoms with Gasteiger partial charge >= 0.3 is 5.97 Å². The van der Waals surface area contributed by atoms with Crippen molar-refractivity contribution in [3.8, 4) is 0 Å². The van der Waals surface area contributed by atoms with Crippen molar-refractivity contribution in [3.05, 3.63) is 17.6 Å². The Morgan fingerprint density at radius 3 is 2.76 bits per heavy atom. The van der Waals surface area contributed by atoms with Crippen LogP contribution in [0.2, 0.25) is 0 Å². The molecule has 21 heavy (non-hydrogen) atoms. The van der Waals surface area contributed by atoms with Crippen molar-refractivity contribution in [2.45, 2.75) is 52.9 Å². The van der Waals surface area contributed by atoms with E-state index < -0.39 is 11.4 Å². The maximum atomic E-state index is 11.7. The third-order valence-corrected chi connectivity index (χ3v) is 4.23. The highest BCUT2D eigenvalue weighted by Crippen LogP contribution is 2.37. The first-order valence-corrected chi connectivity index (χ1v) is 7.72. The van der Waals surface area contributed by atoms with E-state index in [1.165, 1.54) is 0 Å². The van der Waals surface area contributed by atoms with Gasteiger partial charge in [0.2, 0.25) is 0 Å². The summed E-state index contributed by atoms with van der Waals surface area (Å²) in [5.74, 6) is 1.28. The third kappa shape index (κ3) is 3.17. The fraction of sp³-hybridized carbons (Fsp3) is 0.688. The number of anilines is 1. The van der Waals surface area contributed by atoms with Crippen molar-refractivity contribution < 1.29 is 9.90 Å². The Bertz CT molecular complexity index is 530. The Labute approximate surface area is 126 Å². The van der Waals surface area contributed by atoms with Crippen LogP contribution in [0.25, 0.3) is 0 Å². The summed E-state index contributed by atoms with van der Waals surface area (Å²) in [4.78, 5) is 22.9. The summed E-state index contributed by atoms with van der Waals surface area (Å²) in [6, 6.07) is 1.95. The number of aryl methyl sites for hydroxylation is 1. The molecule has 1 aliphatic rings. The molecule has 0 radical (unpaired) electrons. The zero-order valence-electron chi connectivity index (χ0n) is 13.4. The zero-order chi connectivity index (χ0) is 15.6. The Kier molecular flexibility index (Phi) is 4.49. The van der Waals surface area contributed by atoms with Gasteiger partial charge in [-0.2, -0.15) is 0 Å². The quantitative estimate of drug-likeness (QED) is 0.903. The molecule has 0 amide bonds. The summed E-state index contributed by atoms with van der Waals surface area (Å²) in [7, 11) is 0. The number of rotatable bonds is 5. The molecular formula is C16H25N3O2. The standard InChI is InChI=1S/C16H25N3O2/c1-5-6-16(15(20)21)7-8-19(10-16)13-9-12(4)17-14(18-13)11(2)3/h9,11H,5-8,10H2,1-4H3,(H,20,21). The van der Waals surface area contributed by atoms with Crippen LogP contribution in [0.4, 0.5) is 5.82 Å². The summed E-state index contributed by atoms with van der Waals surface area (Å²) in [6.45, 7) is 9.44. The normalized spacial score (nSPS) is 22.0. The van der Waals surface area contributed by atoms with Gasteiger partial charge in [0.25, 0.3) is 0 Å². The van der Waals surface area contributed by atoms with Crippen LogP contribution in [0, 0.1) is 12.3 Å². The smallest absolute Gasteiger partial charge is 0.311 e. The number of nitrogens with zero attached hydrogens (tertiary/aromatic N) is 3. The van der Waals surface area contributed by atoms with Gasteiger partial charge in [0, 0.05) is 30.8 Å². The van der Waals surface area contributed by atoms with Crippen LogP contribution in [-0.4, -0.2) is 34.1 Å². The second-order valence-corrected chi connectivity index (χ2v) is 6.39. The second kappa shape index (κ2) is 6.00. The van der Waals surface area contributed by atoms with Crippen LogP contribution in [0.3, 0.4) is 0 Å². The highest BCUT2D eigenvalue weighted by atomic mass is 16.4. The van der Waals surface area contributed by atoms with Crippen molar-refractivity contribution >= 4 is 11.8 Å². The molecule has 2 heterocycles. The van der Waals surface area contributed by atoms with E-state index in [4.69, 9.17) is 0 Å². The van der Waals surface area contributed by atoms with Gasteiger partial charge < -0.3 is 10.0 Å². The SMILES string of the molecule is CCCC1(C(=O)O)CCN(c2cc(C)nc(C(C)C)n2)C1. The summed E-state index contributed by atoms with van der Waals surface area (Å²) in [6.07, 6.45) is 2.30. The highest BCUT2D eigenvalue weighted by molar-refractivity contribution is 5.76. The number of carboxylic acids is 1. The van der Waals surface area contributed by atoms with Gasteiger partial charge in [-0.1, -0.05) is 27.2 Å². The summed E-state index contributed by atoms with van der Waals surface area (Å²) in [5.41, 5.74) is 0.318. The van der Waals surface area contributed by atoms with Gasteiger partial charge in [-0.15, -0.1) is 0 Å². The molecule has 5 nitrogen and oxygen atoms in total. The van der Waals surface area contributed by atoms with Gasteiger partial charge in [-0.3, -0.25) is 4.79 Å². The lowest BCUT2D eigenvalue weighted by Gasteiger charge is -2.25. The molecule has 1 saturated heterocycles. The molecule has 0 spiro atoms. The van der Waals surface area contributed by atoms with E-state index in [9.17, 15) is 9.90 Å². The van der Waals surface area contributed by atoms with E-state index in [-0.39, 0.29) is 5.92 Å². The first kappa shape index (κ1) is 15.7. The van der Waals surface area contributed by atoms with Crippen molar-refractivity contribution in [3.63, 3.8) is 0 Å². The Hall–Kier alpha value is -1.65. The van der Waals surface area contributed by atoms with Gasteiger partial charge in [-0.05, 0) is 19.8 Å². The number of carbonyl (C=O) groups is 1. The molecule has 0 aromatic carbocycles. The Morgan fingerprint density at radius 2 is 2.19 bits per heavy atom. The molecular weight excluding hydrogens is 266 g/mol. The maximum absolute atomic E-state index is 11.7. The van der Waals surface area contributed by atoms with Crippen LogP contribution in [0.1, 0.15) is 57.5 Å². The minimum Gasteiger partial charge on any atom is -0.481 e. The molecule has 1 N–H and O–H groups in total. The lowest BCUT2D eigenvalue weighted by Crippen LogP contribution is -2.35. The number of aliphatic carboxylic acids is 1. The van der Waals surface area contributed by atoms with Crippen LogP contribution < -0.4 is 4.90 Å². The van der Waals surface area contributed by atoms with Crippen molar-refractivity contribution in [1.29, 1.82) is 0 Å². The first-order chi connectivity index (χ1) is 9.88.